The summed E-state index contributed by atoms with van der Waals surface area (Å²) in [5.41, 5.74) is 0. The molecule has 2 amide bonds. The van der Waals surface area contributed by atoms with Crippen LogP contribution >= 0.6 is 0 Å². The molecule has 100 valence electrons. The van der Waals surface area contributed by atoms with E-state index in [1.807, 2.05) is 0 Å². The van der Waals surface area contributed by atoms with Gasteiger partial charge >= 0.3 is 11.8 Å². The lowest BCUT2D eigenvalue weighted by Gasteiger charge is -2.32. The van der Waals surface area contributed by atoms with Crippen LogP contribution in [0.3, 0.4) is 0 Å². The van der Waals surface area contributed by atoms with E-state index in [0.29, 0.717) is 13.1 Å². The maximum absolute atomic E-state index is 12.1. The monoisotopic (exact) mass is 252 g/mol. The maximum Gasteiger partial charge on any atom is 0.312 e. The summed E-state index contributed by atoms with van der Waals surface area (Å²) in [4.78, 5) is 38.1. The molecule has 0 radical (unpaired) electrons. The predicted octanol–water partition coefficient (Wildman–Crippen LogP) is 0.436. The summed E-state index contributed by atoms with van der Waals surface area (Å²) in [5, 5.41) is 0. The zero-order valence-corrected chi connectivity index (χ0v) is 10.9. The van der Waals surface area contributed by atoms with Gasteiger partial charge in [0.25, 0.3) is 0 Å². The van der Waals surface area contributed by atoms with Gasteiger partial charge in [-0.25, -0.2) is 0 Å². The molecule has 5 nitrogen and oxygen atoms in total. The van der Waals surface area contributed by atoms with Gasteiger partial charge in [0.2, 0.25) is 0 Å². The molecule has 2 aliphatic rings. The number of carbonyl (C=O) groups excluding carboxylic acids is 3. The van der Waals surface area contributed by atoms with Gasteiger partial charge in [-0.1, -0.05) is 19.3 Å². The molecule has 0 spiro atoms. The largest absolute Gasteiger partial charge is 0.336 e. The van der Waals surface area contributed by atoms with Crippen molar-refractivity contribution in [2.24, 2.45) is 5.92 Å². The Morgan fingerprint density at radius 2 is 1.78 bits per heavy atom. The van der Waals surface area contributed by atoms with Crippen molar-refractivity contribution in [3.63, 3.8) is 0 Å². The van der Waals surface area contributed by atoms with Gasteiger partial charge in [-0.2, -0.15) is 0 Å². The number of nitrogens with zero attached hydrogens (tertiary/aromatic N) is 2. The highest BCUT2D eigenvalue weighted by atomic mass is 16.2. The van der Waals surface area contributed by atoms with E-state index in [0.717, 1.165) is 25.7 Å². The van der Waals surface area contributed by atoms with Crippen LogP contribution in [0.1, 0.15) is 32.1 Å². The first-order valence-electron chi connectivity index (χ1n) is 6.66. The lowest BCUT2D eigenvalue weighted by Crippen LogP contribution is -2.54. The van der Waals surface area contributed by atoms with Crippen molar-refractivity contribution in [2.75, 3.05) is 26.7 Å². The molecule has 18 heavy (non-hydrogen) atoms. The number of amides is 2. The third kappa shape index (κ3) is 2.71. The Hall–Kier alpha value is -1.39. The average molecular weight is 252 g/mol. The third-order valence-electron chi connectivity index (χ3n) is 3.93. The molecule has 0 N–H and O–H groups in total. The molecule has 0 bridgehead atoms. The van der Waals surface area contributed by atoms with Crippen LogP contribution in [-0.2, 0) is 14.4 Å². The van der Waals surface area contributed by atoms with E-state index < -0.39 is 11.8 Å². The molecule has 1 saturated heterocycles. The first-order valence-corrected chi connectivity index (χ1v) is 6.66. The molecule has 0 aromatic heterocycles. The normalized spacial score (nSPS) is 22.5. The lowest BCUT2D eigenvalue weighted by atomic mass is 9.86. The van der Waals surface area contributed by atoms with Gasteiger partial charge in [0.05, 0.1) is 6.54 Å². The zero-order valence-electron chi connectivity index (χ0n) is 10.9. The van der Waals surface area contributed by atoms with Crippen LogP contribution in [0.4, 0.5) is 0 Å². The van der Waals surface area contributed by atoms with Crippen LogP contribution in [0.15, 0.2) is 0 Å². The molecule has 0 aromatic carbocycles. The van der Waals surface area contributed by atoms with Crippen molar-refractivity contribution < 1.29 is 14.4 Å². The SMILES string of the molecule is CN1CCN(CC(=O)C2CCCCC2)C(=O)C1=O. The van der Waals surface area contributed by atoms with Crippen LogP contribution in [-0.4, -0.2) is 54.1 Å². The number of carbonyl (C=O) groups is 3. The average Bonchev–Trinajstić information content (AvgIpc) is 2.40. The quantitative estimate of drug-likeness (QED) is 0.685. The fourth-order valence-electron chi connectivity index (χ4n) is 2.66. The molecule has 2 rings (SSSR count). The topological polar surface area (TPSA) is 57.7 Å². The number of piperazine rings is 1. The van der Waals surface area contributed by atoms with Gasteiger partial charge in [-0.05, 0) is 12.8 Å². The molecular formula is C13H20N2O3. The molecule has 0 aromatic rings. The second-order valence-corrected chi connectivity index (χ2v) is 5.25. The van der Waals surface area contributed by atoms with E-state index in [4.69, 9.17) is 0 Å². The number of Topliss-reactive ketones (excluding diaryl/α,β-unsaturated/α-hetero) is 1. The van der Waals surface area contributed by atoms with Crippen LogP contribution < -0.4 is 0 Å². The number of rotatable bonds is 3. The summed E-state index contributed by atoms with van der Waals surface area (Å²) >= 11 is 0. The van der Waals surface area contributed by atoms with Crippen molar-refractivity contribution in [3.8, 4) is 0 Å². The molecule has 0 atom stereocenters. The second kappa shape index (κ2) is 5.50. The van der Waals surface area contributed by atoms with Crippen LogP contribution in [0, 0.1) is 5.92 Å². The summed E-state index contributed by atoms with van der Waals surface area (Å²) in [6.45, 7) is 1.10. The Morgan fingerprint density at radius 3 is 2.44 bits per heavy atom. The van der Waals surface area contributed by atoms with Gasteiger partial charge in [0.15, 0.2) is 5.78 Å². The summed E-state index contributed by atoms with van der Waals surface area (Å²) in [5.74, 6) is -0.813. The lowest BCUT2D eigenvalue weighted by molar-refractivity contribution is -0.156. The van der Waals surface area contributed by atoms with Crippen molar-refractivity contribution in [1.29, 1.82) is 0 Å². The Bertz CT molecular complexity index is 361. The first-order chi connectivity index (χ1) is 8.59. The van der Waals surface area contributed by atoms with Gasteiger partial charge in [0.1, 0.15) is 0 Å². The van der Waals surface area contributed by atoms with E-state index >= 15 is 0 Å². The van der Waals surface area contributed by atoms with Gasteiger partial charge < -0.3 is 9.80 Å². The fourth-order valence-corrected chi connectivity index (χ4v) is 2.66. The Morgan fingerprint density at radius 1 is 1.11 bits per heavy atom. The van der Waals surface area contributed by atoms with Crippen LogP contribution in [0.5, 0.6) is 0 Å². The highest BCUT2D eigenvalue weighted by molar-refractivity contribution is 6.35. The summed E-state index contributed by atoms with van der Waals surface area (Å²) < 4.78 is 0. The second-order valence-electron chi connectivity index (χ2n) is 5.25. The fraction of sp³-hybridized carbons (Fsp3) is 0.769. The molecule has 1 aliphatic carbocycles. The van der Waals surface area contributed by atoms with Crippen molar-refractivity contribution in [1.82, 2.24) is 9.80 Å². The Balaban J connectivity index is 1.90. The minimum Gasteiger partial charge on any atom is -0.336 e. The van der Waals surface area contributed by atoms with E-state index in [1.54, 1.807) is 7.05 Å². The molecule has 5 heteroatoms. The Labute approximate surface area is 107 Å². The van der Waals surface area contributed by atoms with Crippen molar-refractivity contribution >= 4 is 17.6 Å². The molecule has 1 aliphatic heterocycles. The van der Waals surface area contributed by atoms with Gasteiger partial charge in [0, 0.05) is 26.1 Å². The highest BCUT2D eigenvalue weighted by Gasteiger charge is 2.32. The third-order valence-corrected chi connectivity index (χ3v) is 3.93. The van der Waals surface area contributed by atoms with Crippen molar-refractivity contribution in [2.45, 2.75) is 32.1 Å². The maximum atomic E-state index is 12.1. The Kier molecular flexibility index (Phi) is 3.99. The standard InChI is InChI=1S/C13H20N2O3/c1-14-7-8-15(13(18)12(14)17)9-11(16)10-5-3-2-4-6-10/h10H,2-9H2,1H3. The summed E-state index contributed by atoms with van der Waals surface area (Å²) in [6, 6.07) is 0. The predicted molar refractivity (Wildman–Crippen MR) is 65.8 cm³/mol. The van der Waals surface area contributed by atoms with Crippen molar-refractivity contribution in [3.05, 3.63) is 0 Å². The number of hydrogen-bond acceptors (Lipinski definition) is 3. The minimum atomic E-state index is -0.534. The summed E-state index contributed by atoms with van der Waals surface area (Å²) in [6.07, 6.45) is 5.29. The molecule has 2 fully saturated rings. The van der Waals surface area contributed by atoms with Crippen LogP contribution in [0.25, 0.3) is 0 Å². The van der Waals surface area contributed by atoms with Crippen LogP contribution in [0.2, 0.25) is 0 Å². The smallest absolute Gasteiger partial charge is 0.312 e. The van der Waals surface area contributed by atoms with E-state index in [2.05, 4.69) is 0 Å². The van der Waals surface area contributed by atoms with Gasteiger partial charge in [-0.15, -0.1) is 0 Å². The molecule has 1 saturated carbocycles. The van der Waals surface area contributed by atoms with E-state index in [9.17, 15) is 14.4 Å². The number of hydrogen-bond donors (Lipinski definition) is 0. The molecule has 0 unspecified atom stereocenters. The number of likely N-dealkylation sites (N-methyl/N-ethyl adjacent to an activating group) is 1. The van der Waals surface area contributed by atoms with Gasteiger partial charge in [-0.3, -0.25) is 14.4 Å². The van der Waals surface area contributed by atoms with E-state index in [-0.39, 0.29) is 18.2 Å². The molecule has 1 heterocycles. The summed E-state index contributed by atoms with van der Waals surface area (Å²) in [7, 11) is 1.61. The number of ketones is 1. The molecular weight excluding hydrogens is 232 g/mol. The first kappa shape index (κ1) is 13.1. The highest BCUT2D eigenvalue weighted by Crippen LogP contribution is 2.24. The minimum absolute atomic E-state index is 0.0984. The zero-order chi connectivity index (χ0) is 13.1. The van der Waals surface area contributed by atoms with E-state index in [1.165, 1.54) is 16.2 Å².